The second-order valence-electron chi connectivity index (χ2n) is 8.26. The molecule has 2 aromatic carbocycles. The van der Waals surface area contributed by atoms with Gasteiger partial charge in [-0.15, -0.1) is 4.40 Å². The predicted molar refractivity (Wildman–Crippen MR) is 127 cm³/mol. The fraction of sp³-hybridized carbons (Fsp3) is 0.348. The fourth-order valence-electron chi connectivity index (χ4n) is 4.10. The van der Waals surface area contributed by atoms with E-state index in [1.165, 1.54) is 41.9 Å². The van der Waals surface area contributed by atoms with Gasteiger partial charge in [0.1, 0.15) is 4.90 Å². The number of nitrogens with one attached hydrogen (secondary N) is 1. The first-order chi connectivity index (χ1) is 16.3. The van der Waals surface area contributed by atoms with E-state index in [1.54, 1.807) is 24.3 Å². The molecule has 1 N–H and O–H groups in total. The second-order valence-corrected chi connectivity index (χ2v) is 9.83. The number of carbonyl (C=O) groups excluding carboxylic acids is 1. The molecule has 10 nitrogen and oxygen atoms in total. The van der Waals surface area contributed by atoms with E-state index in [1.807, 2.05) is 0 Å². The Morgan fingerprint density at radius 3 is 2.71 bits per heavy atom. The minimum atomic E-state index is -3.88. The van der Waals surface area contributed by atoms with Crippen molar-refractivity contribution in [3.63, 3.8) is 0 Å². The number of fused-ring (bicyclic) bond motifs is 1. The standard InChI is InChI=1S/C23H25N5O5S/c29-22(25-18-8-2-1-3-9-18)13-14-27(24-16-17-7-6-10-19(15-17)28(30)31)23-20-11-4-5-12-21(20)34(32,33)26-23/h4-7,10-12,15-16,18H,1-3,8-9,13-14H2,(H,25,29)/b24-16-. The number of sulfonamides is 1. The van der Waals surface area contributed by atoms with Gasteiger partial charge in [-0.3, -0.25) is 14.9 Å². The molecule has 0 spiro atoms. The molecule has 11 heteroatoms. The Labute approximate surface area is 197 Å². The quantitative estimate of drug-likeness (QED) is 0.365. The van der Waals surface area contributed by atoms with Crippen LogP contribution in [0.25, 0.3) is 0 Å². The molecule has 2 aliphatic rings. The molecule has 34 heavy (non-hydrogen) atoms. The first-order valence-electron chi connectivity index (χ1n) is 11.1. The van der Waals surface area contributed by atoms with E-state index in [4.69, 9.17) is 0 Å². The zero-order valence-electron chi connectivity index (χ0n) is 18.5. The number of non-ortho nitro benzene ring substituents is 1. The maximum absolute atomic E-state index is 12.6. The summed E-state index contributed by atoms with van der Waals surface area (Å²) in [6.07, 6.45) is 6.76. The zero-order chi connectivity index (χ0) is 24.1. The van der Waals surface area contributed by atoms with E-state index < -0.39 is 14.9 Å². The van der Waals surface area contributed by atoms with Gasteiger partial charge >= 0.3 is 0 Å². The molecule has 1 amide bonds. The molecule has 0 bridgehead atoms. The second kappa shape index (κ2) is 10.1. The molecule has 2 aromatic rings. The van der Waals surface area contributed by atoms with Crippen LogP contribution in [0.2, 0.25) is 0 Å². The summed E-state index contributed by atoms with van der Waals surface area (Å²) in [4.78, 5) is 23.2. The van der Waals surface area contributed by atoms with Crippen LogP contribution in [-0.4, -0.2) is 48.9 Å². The minimum Gasteiger partial charge on any atom is -0.353 e. The number of carbonyl (C=O) groups is 1. The Morgan fingerprint density at radius 2 is 1.94 bits per heavy atom. The zero-order valence-corrected chi connectivity index (χ0v) is 19.3. The number of hydrogen-bond donors (Lipinski definition) is 1. The SMILES string of the molecule is O=C(CCN(/N=C\c1cccc([N+](=O)[O-])c1)C1=NS(=O)(=O)c2ccccc21)NC1CCCCC1. The van der Waals surface area contributed by atoms with Crippen LogP contribution in [0.15, 0.2) is 62.9 Å². The summed E-state index contributed by atoms with van der Waals surface area (Å²) in [6.45, 7) is 0.0899. The molecule has 1 saturated carbocycles. The Balaban J connectivity index is 1.57. The van der Waals surface area contributed by atoms with Gasteiger partial charge in [-0.2, -0.15) is 13.5 Å². The van der Waals surface area contributed by atoms with E-state index >= 15 is 0 Å². The first-order valence-corrected chi connectivity index (χ1v) is 12.6. The number of rotatable bonds is 7. The molecule has 0 saturated heterocycles. The molecule has 0 radical (unpaired) electrons. The third kappa shape index (κ3) is 5.48. The van der Waals surface area contributed by atoms with Crippen LogP contribution in [0.3, 0.4) is 0 Å². The molecular formula is C23H25N5O5S. The summed E-state index contributed by atoms with van der Waals surface area (Å²) in [5, 5.41) is 19.8. The van der Waals surface area contributed by atoms with Crippen LogP contribution in [0, 0.1) is 10.1 Å². The number of nitrogens with zero attached hydrogens (tertiary/aromatic N) is 4. The van der Waals surface area contributed by atoms with Gasteiger partial charge in [0.2, 0.25) is 5.91 Å². The lowest BCUT2D eigenvalue weighted by molar-refractivity contribution is -0.384. The highest BCUT2D eigenvalue weighted by atomic mass is 32.2. The number of nitro groups is 1. The third-order valence-electron chi connectivity index (χ3n) is 5.81. The van der Waals surface area contributed by atoms with Crippen molar-refractivity contribution in [1.82, 2.24) is 10.3 Å². The monoisotopic (exact) mass is 483 g/mol. The molecule has 1 aliphatic carbocycles. The maximum Gasteiger partial charge on any atom is 0.285 e. The van der Waals surface area contributed by atoms with Gasteiger partial charge in [0, 0.05) is 35.7 Å². The van der Waals surface area contributed by atoms with Gasteiger partial charge in [-0.05, 0) is 25.0 Å². The van der Waals surface area contributed by atoms with Crippen molar-refractivity contribution in [2.45, 2.75) is 49.5 Å². The molecule has 1 heterocycles. The number of hydrogen-bond acceptors (Lipinski definition) is 7. The highest BCUT2D eigenvalue weighted by Gasteiger charge is 2.32. The van der Waals surface area contributed by atoms with E-state index in [0.29, 0.717) is 11.1 Å². The summed E-state index contributed by atoms with van der Waals surface area (Å²) >= 11 is 0. The van der Waals surface area contributed by atoms with Crippen LogP contribution in [0.1, 0.15) is 49.7 Å². The van der Waals surface area contributed by atoms with Crippen LogP contribution >= 0.6 is 0 Å². The summed E-state index contributed by atoms with van der Waals surface area (Å²) in [7, 11) is -3.88. The Hall–Kier alpha value is -3.60. The average Bonchev–Trinajstić information content (AvgIpc) is 3.11. The average molecular weight is 484 g/mol. The first kappa shape index (κ1) is 23.6. The van der Waals surface area contributed by atoms with Gasteiger partial charge in [0.25, 0.3) is 15.7 Å². The number of amides is 1. The largest absolute Gasteiger partial charge is 0.353 e. The summed E-state index contributed by atoms with van der Waals surface area (Å²) < 4.78 is 29.0. The smallest absolute Gasteiger partial charge is 0.285 e. The van der Waals surface area contributed by atoms with Crippen molar-refractivity contribution >= 4 is 33.7 Å². The highest BCUT2D eigenvalue weighted by Crippen LogP contribution is 2.28. The fourth-order valence-corrected chi connectivity index (χ4v) is 5.31. The maximum atomic E-state index is 12.6. The van der Waals surface area contributed by atoms with Gasteiger partial charge in [-0.1, -0.05) is 43.5 Å². The molecule has 4 rings (SSSR count). The lowest BCUT2D eigenvalue weighted by Crippen LogP contribution is -2.38. The number of hydrazone groups is 1. The Bertz CT molecular complexity index is 1250. The number of benzene rings is 2. The Morgan fingerprint density at radius 1 is 1.18 bits per heavy atom. The molecular weight excluding hydrogens is 458 g/mol. The molecule has 0 atom stereocenters. The van der Waals surface area contributed by atoms with Crippen molar-refractivity contribution < 1.29 is 18.1 Å². The van der Waals surface area contributed by atoms with E-state index in [2.05, 4.69) is 14.8 Å². The number of amidine groups is 1. The van der Waals surface area contributed by atoms with Crippen LogP contribution in [0.4, 0.5) is 5.69 Å². The molecule has 0 aromatic heterocycles. The van der Waals surface area contributed by atoms with E-state index in [0.717, 1.165) is 25.7 Å². The highest BCUT2D eigenvalue weighted by molar-refractivity contribution is 7.90. The Kier molecular flexibility index (Phi) is 7.01. The van der Waals surface area contributed by atoms with Crippen LogP contribution < -0.4 is 5.32 Å². The third-order valence-corrected chi connectivity index (χ3v) is 7.13. The van der Waals surface area contributed by atoms with Crippen LogP contribution in [0.5, 0.6) is 0 Å². The molecule has 1 aliphatic heterocycles. The van der Waals surface area contributed by atoms with Crippen molar-refractivity contribution in [2.75, 3.05) is 6.54 Å². The van der Waals surface area contributed by atoms with Crippen molar-refractivity contribution in [3.05, 3.63) is 69.8 Å². The van der Waals surface area contributed by atoms with Gasteiger partial charge in [-0.25, -0.2) is 5.01 Å². The minimum absolute atomic E-state index is 0.0761. The van der Waals surface area contributed by atoms with Crippen molar-refractivity contribution in [2.24, 2.45) is 9.50 Å². The lowest BCUT2D eigenvalue weighted by atomic mass is 9.95. The normalized spacial score (nSPS) is 17.2. The van der Waals surface area contributed by atoms with Gasteiger partial charge in [0.05, 0.1) is 17.7 Å². The van der Waals surface area contributed by atoms with E-state index in [9.17, 15) is 23.3 Å². The van der Waals surface area contributed by atoms with Gasteiger partial charge < -0.3 is 5.32 Å². The molecule has 1 fully saturated rings. The van der Waals surface area contributed by atoms with E-state index in [-0.39, 0.29) is 41.3 Å². The molecule has 0 unspecified atom stereocenters. The predicted octanol–water partition coefficient (Wildman–Crippen LogP) is 3.22. The number of nitro benzene ring substituents is 1. The summed E-state index contributed by atoms with van der Waals surface area (Å²) in [6, 6.07) is 12.5. The lowest BCUT2D eigenvalue weighted by Gasteiger charge is -2.24. The summed E-state index contributed by atoms with van der Waals surface area (Å²) in [5.41, 5.74) is 0.764. The topological polar surface area (TPSA) is 134 Å². The molecule has 178 valence electrons. The van der Waals surface area contributed by atoms with Crippen molar-refractivity contribution in [3.8, 4) is 0 Å². The van der Waals surface area contributed by atoms with Crippen molar-refractivity contribution in [1.29, 1.82) is 0 Å². The van der Waals surface area contributed by atoms with Crippen LogP contribution in [-0.2, 0) is 14.8 Å². The van der Waals surface area contributed by atoms with Gasteiger partial charge in [0.15, 0.2) is 5.84 Å². The summed E-state index contributed by atoms with van der Waals surface area (Å²) in [5.74, 6) is -0.0278.